The number of aryl methyl sites for hydroxylation is 1. The number of hydrogen-bond donors (Lipinski definition) is 0. The SMILES string of the molecule is CCN(Cc1ccc(Cl)s1)C(=O)c1ccc(C)cc1F. The maximum absolute atomic E-state index is 13.9. The van der Waals surface area contributed by atoms with Crippen molar-refractivity contribution in [2.45, 2.75) is 20.4 Å². The number of thiophene rings is 1. The van der Waals surface area contributed by atoms with Crippen LogP contribution in [-0.4, -0.2) is 17.4 Å². The standard InChI is InChI=1S/C15H15ClFNOS/c1-3-18(9-11-5-7-14(16)20-11)15(19)12-6-4-10(2)8-13(12)17/h4-8H,3,9H2,1-2H3. The first-order valence-electron chi connectivity index (χ1n) is 6.31. The van der Waals surface area contributed by atoms with Gasteiger partial charge in [-0.15, -0.1) is 11.3 Å². The van der Waals surface area contributed by atoms with Gasteiger partial charge in [0.25, 0.3) is 5.91 Å². The van der Waals surface area contributed by atoms with Crippen molar-refractivity contribution in [1.29, 1.82) is 0 Å². The van der Waals surface area contributed by atoms with Gasteiger partial charge in [0.1, 0.15) is 5.82 Å². The van der Waals surface area contributed by atoms with Crippen molar-refractivity contribution in [3.8, 4) is 0 Å². The molecule has 0 bridgehead atoms. The summed E-state index contributed by atoms with van der Waals surface area (Å²) in [4.78, 5) is 15.0. The number of nitrogens with zero attached hydrogens (tertiary/aromatic N) is 1. The molecule has 0 radical (unpaired) electrons. The maximum Gasteiger partial charge on any atom is 0.257 e. The zero-order valence-corrected chi connectivity index (χ0v) is 12.9. The first kappa shape index (κ1) is 15.0. The fourth-order valence-electron chi connectivity index (χ4n) is 1.92. The van der Waals surface area contributed by atoms with Crippen LogP contribution in [0.4, 0.5) is 4.39 Å². The van der Waals surface area contributed by atoms with E-state index in [2.05, 4.69) is 0 Å². The number of hydrogen-bond acceptors (Lipinski definition) is 2. The predicted octanol–water partition coefficient (Wildman–Crippen LogP) is 4.51. The molecule has 0 saturated heterocycles. The van der Waals surface area contributed by atoms with Crippen molar-refractivity contribution in [1.82, 2.24) is 4.90 Å². The van der Waals surface area contributed by atoms with Crippen molar-refractivity contribution in [3.05, 3.63) is 56.5 Å². The molecule has 1 heterocycles. The van der Waals surface area contributed by atoms with Crippen molar-refractivity contribution < 1.29 is 9.18 Å². The van der Waals surface area contributed by atoms with Gasteiger partial charge in [-0.2, -0.15) is 0 Å². The Hall–Kier alpha value is -1.39. The number of carbonyl (C=O) groups excluding carboxylic acids is 1. The monoisotopic (exact) mass is 311 g/mol. The summed E-state index contributed by atoms with van der Waals surface area (Å²) in [5, 5.41) is 0. The van der Waals surface area contributed by atoms with Crippen LogP contribution in [0.3, 0.4) is 0 Å². The lowest BCUT2D eigenvalue weighted by molar-refractivity contribution is 0.0749. The highest BCUT2D eigenvalue weighted by Gasteiger charge is 2.18. The van der Waals surface area contributed by atoms with Gasteiger partial charge in [0.2, 0.25) is 0 Å². The minimum absolute atomic E-state index is 0.111. The van der Waals surface area contributed by atoms with Gasteiger partial charge in [-0.3, -0.25) is 4.79 Å². The summed E-state index contributed by atoms with van der Waals surface area (Å²) < 4.78 is 14.6. The fourth-order valence-corrected chi connectivity index (χ4v) is 3.02. The van der Waals surface area contributed by atoms with Crippen LogP contribution >= 0.6 is 22.9 Å². The van der Waals surface area contributed by atoms with E-state index in [1.54, 1.807) is 24.0 Å². The zero-order valence-electron chi connectivity index (χ0n) is 11.3. The molecule has 0 aliphatic carbocycles. The Bertz CT molecular complexity index is 626. The number of benzene rings is 1. The van der Waals surface area contributed by atoms with Crippen LogP contribution in [0.2, 0.25) is 4.34 Å². The van der Waals surface area contributed by atoms with Gasteiger partial charge < -0.3 is 4.90 Å². The molecule has 106 valence electrons. The van der Waals surface area contributed by atoms with Gasteiger partial charge >= 0.3 is 0 Å². The molecule has 1 aromatic heterocycles. The van der Waals surface area contributed by atoms with E-state index in [-0.39, 0.29) is 11.5 Å². The molecule has 1 amide bonds. The topological polar surface area (TPSA) is 20.3 Å². The van der Waals surface area contributed by atoms with Crippen LogP contribution < -0.4 is 0 Å². The molecule has 0 atom stereocenters. The molecule has 5 heteroatoms. The molecule has 1 aromatic carbocycles. The predicted molar refractivity (Wildman–Crippen MR) is 80.9 cm³/mol. The van der Waals surface area contributed by atoms with E-state index in [1.165, 1.54) is 23.5 Å². The molecule has 0 N–H and O–H groups in total. The third-order valence-corrected chi connectivity index (χ3v) is 4.22. The molecule has 0 saturated carbocycles. The Labute approximate surface area is 126 Å². The van der Waals surface area contributed by atoms with Crippen molar-refractivity contribution in [2.75, 3.05) is 6.54 Å². The van der Waals surface area contributed by atoms with Crippen molar-refractivity contribution in [3.63, 3.8) is 0 Å². The van der Waals surface area contributed by atoms with E-state index in [4.69, 9.17) is 11.6 Å². The lowest BCUT2D eigenvalue weighted by Crippen LogP contribution is -2.30. The Morgan fingerprint density at radius 3 is 2.65 bits per heavy atom. The molecular weight excluding hydrogens is 297 g/mol. The molecule has 0 unspecified atom stereocenters. The number of amides is 1. The summed E-state index contributed by atoms with van der Waals surface area (Å²) in [7, 11) is 0. The van der Waals surface area contributed by atoms with E-state index >= 15 is 0 Å². The third-order valence-electron chi connectivity index (χ3n) is 3.00. The second-order valence-electron chi connectivity index (χ2n) is 4.51. The second kappa shape index (κ2) is 6.37. The van der Waals surface area contributed by atoms with E-state index in [0.717, 1.165) is 10.4 Å². The van der Waals surface area contributed by atoms with E-state index in [9.17, 15) is 9.18 Å². The summed E-state index contributed by atoms with van der Waals surface area (Å²) >= 11 is 7.31. The average molecular weight is 312 g/mol. The van der Waals surface area contributed by atoms with Gasteiger partial charge in [0, 0.05) is 11.4 Å². The van der Waals surface area contributed by atoms with Crippen LogP contribution in [0, 0.1) is 12.7 Å². The highest BCUT2D eigenvalue weighted by atomic mass is 35.5. The van der Waals surface area contributed by atoms with Crippen LogP contribution in [0.5, 0.6) is 0 Å². The minimum Gasteiger partial charge on any atom is -0.334 e. The average Bonchev–Trinajstić information content (AvgIpc) is 2.81. The largest absolute Gasteiger partial charge is 0.334 e. The van der Waals surface area contributed by atoms with Gasteiger partial charge in [0.05, 0.1) is 16.4 Å². The molecule has 2 rings (SSSR count). The summed E-state index contributed by atoms with van der Waals surface area (Å²) in [5.41, 5.74) is 0.909. The third kappa shape index (κ3) is 3.38. The van der Waals surface area contributed by atoms with Gasteiger partial charge in [-0.25, -0.2) is 4.39 Å². The van der Waals surface area contributed by atoms with Gasteiger partial charge in [-0.1, -0.05) is 17.7 Å². The number of rotatable bonds is 4. The second-order valence-corrected chi connectivity index (χ2v) is 6.31. The summed E-state index contributed by atoms with van der Waals surface area (Å²) in [6.45, 7) is 4.63. The highest BCUT2D eigenvalue weighted by Crippen LogP contribution is 2.23. The molecule has 0 aliphatic heterocycles. The van der Waals surface area contributed by atoms with Gasteiger partial charge in [-0.05, 0) is 43.7 Å². The van der Waals surface area contributed by atoms with E-state index in [0.29, 0.717) is 17.4 Å². The number of carbonyl (C=O) groups is 1. The Morgan fingerprint density at radius 2 is 2.10 bits per heavy atom. The molecule has 2 nitrogen and oxygen atoms in total. The molecular formula is C15H15ClFNOS. The highest BCUT2D eigenvalue weighted by molar-refractivity contribution is 7.16. The lowest BCUT2D eigenvalue weighted by Gasteiger charge is -2.20. The molecule has 0 aliphatic rings. The summed E-state index contributed by atoms with van der Waals surface area (Å²) in [5.74, 6) is -0.771. The van der Waals surface area contributed by atoms with Crippen LogP contribution in [0.25, 0.3) is 0 Å². The number of halogens is 2. The fraction of sp³-hybridized carbons (Fsp3) is 0.267. The van der Waals surface area contributed by atoms with Crippen molar-refractivity contribution in [2.24, 2.45) is 0 Å². The quantitative estimate of drug-likeness (QED) is 0.813. The summed E-state index contributed by atoms with van der Waals surface area (Å²) in [6.07, 6.45) is 0. The lowest BCUT2D eigenvalue weighted by atomic mass is 10.1. The Balaban J connectivity index is 2.20. The Morgan fingerprint density at radius 1 is 1.35 bits per heavy atom. The summed E-state index contributed by atoms with van der Waals surface area (Å²) in [6, 6.07) is 8.34. The minimum atomic E-state index is -0.474. The van der Waals surface area contributed by atoms with E-state index in [1.807, 2.05) is 13.0 Å². The molecule has 0 spiro atoms. The van der Waals surface area contributed by atoms with Gasteiger partial charge in [0.15, 0.2) is 0 Å². The van der Waals surface area contributed by atoms with Crippen LogP contribution in [0.15, 0.2) is 30.3 Å². The first-order chi connectivity index (χ1) is 9.51. The van der Waals surface area contributed by atoms with Crippen molar-refractivity contribution >= 4 is 28.8 Å². The van der Waals surface area contributed by atoms with E-state index < -0.39 is 5.82 Å². The molecule has 2 aromatic rings. The maximum atomic E-state index is 13.9. The van der Waals surface area contributed by atoms with Crippen LogP contribution in [0.1, 0.15) is 27.7 Å². The Kier molecular flexibility index (Phi) is 4.78. The molecule has 20 heavy (non-hydrogen) atoms. The zero-order chi connectivity index (χ0) is 14.7. The van der Waals surface area contributed by atoms with Crippen LogP contribution in [-0.2, 0) is 6.54 Å². The smallest absolute Gasteiger partial charge is 0.257 e. The normalized spacial score (nSPS) is 10.6. The molecule has 0 fully saturated rings. The first-order valence-corrected chi connectivity index (χ1v) is 7.50.